The standard InChI is InChI=1S/C17H11F2NS/c18-14-6-1-12(2-7-14)3-10-17-20-16(11-21-17)13-4-8-15(19)9-5-13/h1-11H/b10-3+. The number of hydrogen-bond acceptors (Lipinski definition) is 2. The third-order valence-electron chi connectivity index (χ3n) is 2.95. The summed E-state index contributed by atoms with van der Waals surface area (Å²) in [6, 6.07) is 12.5. The number of aromatic nitrogens is 1. The number of benzene rings is 2. The molecule has 3 rings (SSSR count). The monoisotopic (exact) mass is 299 g/mol. The molecule has 0 aliphatic carbocycles. The first kappa shape index (κ1) is 13.6. The SMILES string of the molecule is Fc1ccc(/C=C/c2nc(-c3ccc(F)cc3)cs2)cc1. The smallest absolute Gasteiger partial charge is 0.123 e. The number of thiazole rings is 1. The minimum atomic E-state index is -0.259. The summed E-state index contributed by atoms with van der Waals surface area (Å²) in [5, 5.41) is 2.77. The Kier molecular flexibility index (Phi) is 3.88. The van der Waals surface area contributed by atoms with Crippen LogP contribution < -0.4 is 0 Å². The van der Waals surface area contributed by atoms with Crippen LogP contribution in [0.1, 0.15) is 10.6 Å². The van der Waals surface area contributed by atoms with Crippen LogP contribution >= 0.6 is 11.3 Å². The first-order valence-electron chi connectivity index (χ1n) is 6.36. The summed E-state index contributed by atoms with van der Waals surface area (Å²) in [5.74, 6) is -0.509. The second kappa shape index (κ2) is 5.97. The summed E-state index contributed by atoms with van der Waals surface area (Å²) in [6.07, 6.45) is 3.76. The zero-order valence-corrected chi connectivity index (χ0v) is 11.8. The highest BCUT2D eigenvalue weighted by Gasteiger charge is 2.02. The van der Waals surface area contributed by atoms with E-state index in [0.717, 1.165) is 21.8 Å². The summed E-state index contributed by atoms with van der Waals surface area (Å²) < 4.78 is 25.7. The van der Waals surface area contributed by atoms with Crippen LogP contribution in [0.3, 0.4) is 0 Å². The molecule has 0 amide bonds. The molecule has 3 aromatic rings. The highest BCUT2D eigenvalue weighted by atomic mass is 32.1. The van der Waals surface area contributed by atoms with Crippen molar-refractivity contribution in [1.29, 1.82) is 0 Å². The molecule has 2 aromatic carbocycles. The Bertz CT molecular complexity index is 758. The fourth-order valence-electron chi connectivity index (χ4n) is 1.86. The van der Waals surface area contributed by atoms with Gasteiger partial charge >= 0.3 is 0 Å². The normalized spacial score (nSPS) is 11.1. The van der Waals surface area contributed by atoms with Gasteiger partial charge in [-0.15, -0.1) is 11.3 Å². The lowest BCUT2D eigenvalue weighted by Gasteiger charge is -1.95. The minimum absolute atomic E-state index is 0.250. The fraction of sp³-hybridized carbons (Fsp3) is 0. The molecule has 1 heterocycles. The number of halogens is 2. The summed E-state index contributed by atoms with van der Waals surface area (Å²) >= 11 is 1.51. The van der Waals surface area contributed by atoms with Crippen molar-refractivity contribution < 1.29 is 8.78 Å². The maximum absolute atomic E-state index is 12.9. The number of hydrogen-bond donors (Lipinski definition) is 0. The van der Waals surface area contributed by atoms with Crippen LogP contribution in [0, 0.1) is 11.6 Å². The number of rotatable bonds is 3. The van der Waals surface area contributed by atoms with Crippen LogP contribution in [0.2, 0.25) is 0 Å². The molecule has 0 N–H and O–H groups in total. The van der Waals surface area contributed by atoms with Crippen LogP contribution in [0.4, 0.5) is 8.78 Å². The van der Waals surface area contributed by atoms with Crippen molar-refractivity contribution in [2.45, 2.75) is 0 Å². The predicted octanol–water partition coefficient (Wildman–Crippen LogP) is 5.26. The molecule has 0 aliphatic rings. The second-order valence-corrected chi connectivity index (χ2v) is 5.35. The quantitative estimate of drug-likeness (QED) is 0.643. The molecule has 0 aliphatic heterocycles. The van der Waals surface area contributed by atoms with E-state index in [0.29, 0.717) is 0 Å². The van der Waals surface area contributed by atoms with Gasteiger partial charge < -0.3 is 0 Å². The molecule has 0 atom stereocenters. The first-order chi connectivity index (χ1) is 10.2. The third kappa shape index (κ3) is 3.41. The van der Waals surface area contributed by atoms with Gasteiger partial charge in [-0.1, -0.05) is 18.2 Å². The molecule has 1 aromatic heterocycles. The number of nitrogens with zero attached hydrogens (tertiary/aromatic N) is 1. The Morgan fingerprint density at radius 1 is 0.810 bits per heavy atom. The van der Waals surface area contributed by atoms with Crippen LogP contribution in [0.15, 0.2) is 53.9 Å². The molecular weight excluding hydrogens is 288 g/mol. The van der Waals surface area contributed by atoms with Gasteiger partial charge in [-0.3, -0.25) is 0 Å². The van der Waals surface area contributed by atoms with Crippen molar-refractivity contribution in [1.82, 2.24) is 4.98 Å². The van der Waals surface area contributed by atoms with Gasteiger partial charge in [0.15, 0.2) is 0 Å². The van der Waals surface area contributed by atoms with Crippen molar-refractivity contribution in [2.24, 2.45) is 0 Å². The van der Waals surface area contributed by atoms with E-state index in [1.165, 1.54) is 35.6 Å². The maximum Gasteiger partial charge on any atom is 0.123 e. The van der Waals surface area contributed by atoms with Gasteiger partial charge in [-0.25, -0.2) is 13.8 Å². The lowest BCUT2D eigenvalue weighted by molar-refractivity contribution is 0.627. The first-order valence-corrected chi connectivity index (χ1v) is 7.24. The molecule has 0 radical (unpaired) electrons. The van der Waals surface area contributed by atoms with Gasteiger partial charge in [0.1, 0.15) is 16.6 Å². The van der Waals surface area contributed by atoms with E-state index in [1.54, 1.807) is 24.3 Å². The minimum Gasteiger partial charge on any atom is -0.237 e. The molecular formula is C17H11F2NS. The molecule has 0 saturated carbocycles. The van der Waals surface area contributed by atoms with E-state index in [-0.39, 0.29) is 11.6 Å². The Balaban J connectivity index is 1.78. The predicted molar refractivity (Wildman–Crippen MR) is 82.8 cm³/mol. The van der Waals surface area contributed by atoms with Crippen LogP contribution in [0.5, 0.6) is 0 Å². The van der Waals surface area contributed by atoms with E-state index in [2.05, 4.69) is 4.98 Å². The molecule has 104 valence electrons. The third-order valence-corrected chi connectivity index (χ3v) is 3.76. The van der Waals surface area contributed by atoms with Crippen LogP contribution in [-0.2, 0) is 0 Å². The Labute approximate surface area is 125 Å². The maximum atomic E-state index is 12.9. The molecule has 0 unspecified atom stereocenters. The van der Waals surface area contributed by atoms with Crippen LogP contribution in [-0.4, -0.2) is 4.98 Å². The van der Waals surface area contributed by atoms with Gasteiger partial charge in [-0.2, -0.15) is 0 Å². The molecule has 1 nitrogen and oxygen atoms in total. The summed E-state index contributed by atoms with van der Waals surface area (Å²) in [7, 11) is 0. The topological polar surface area (TPSA) is 12.9 Å². The largest absolute Gasteiger partial charge is 0.237 e. The van der Waals surface area contributed by atoms with Gasteiger partial charge in [-0.05, 0) is 48.0 Å². The highest BCUT2D eigenvalue weighted by Crippen LogP contribution is 2.23. The molecule has 4 heteroatoms. The van der Waals surface area contributed by atoms with Gasteiger partial charge in [0.25, 0.3) is 0 Å². The van der Waals surface area contributed by atoms with Crippen molar-refractivity contribution in [3.8, 4) is 11.3 Å². The van der Waals surface area contributed by atoms with Gasteiger partial charge in [0, 0.05) is 10.9 Å². The molecule has 0 saturated heterocycles. The van der Waals surface area contributed by atoms with Gasteiger partial charge in [0.2, 0.25) is 0 Å². The highest BCUT2D eigenvalue weighted by molar-refractivity contribution is 7.10. The molecule has 21 heavy (non-hydrogen) atoms. The van der Waals surface area contributed by atoms with Crippen molar-refractivity contribution in [2.75, 3.05) is 0 Å². The lowest BCUT2D eigenvalue weighted by Crippen LogP contribution is -1.79. The van der Waals surface area contributed by atoms with E-state index < -0.39 is 0 Å². The zero-order valence-electron chi connectivity index (χ0n) is 11.0. The summed E-state index contributed by atoms with van der Waals surface area (Å²) in [5.41, 5.74) is 2.61. The zero-order chi connectivity index (χ0) is 14.7. The van der Waals surface area contributed by atoms with Gasteiger partial charge in [0.05, 0.1) is 5.69 Å². The average molecular weight is 299 g/mol. The second-order valence-electron chi connectivity index (χ2n) is 4.46. The van der Waals surface area contributed by atoms with E-state index in [1.807, 2.05) is 17.5 Å². The summed E-state index contributed by atoms with van der Waals surface area (Å²) in [6.45, 7) is 0. The Morgan fingerprint density at radius 3 is 2.10 bits per heavy atom. The Hall–Kier alpha value is -2.33. The van der Waals surface area contributed by atoms with E-state index in [4.69, 9.17) is 0 Å². The molecule has 0 bridgehead atoms. The lowest BCUT2D eigenvalue weighted by atomic mass is 10.2. The van der Waals surface area contributed by atoms with E-state index in [9.17, 15) is 8.78 Å². The van der Waals surface area contributed by atoms with Crippen molar-refractivity contribution >= 4 is 23.5 Å². The Morgan fingerprint density at radius 2 is 1.43 bits per heavy atom. The average Bonchev–Trinajstić information content (AvgIpc) is 2.96. The van der Waals surface area contributed by atoms with Crippen LogP contribution in [0.25, 0.3) is 23.4 Å². The fourth-order valence-corrected chi connectivity index (χ4v) is 2.58. The van der Waals surface area contributed by atoms with E-state index >= 15 is 0 Å². The molecule has 0 fully saturated rings. The van der Waals surface area contributed by atoms with Crippen molar-refractivity contribution in [3.63, 3.8) is 0 Å². The summed E-state index contributed by atoms with van der Waals surface area (Å²) in [4.78, 5) is 4.48. The molecule has 0 spiro atoms. The van der Waals surface area contributed by atoms with Crippen molar-refractivity contribution in [3.05, 3.63) is 76.1 Å².